The van der Waals surface area contributed by atoms with Gasteiger partial charge in [-0.1, -0.05) is 53.9 Å². The number of aromatic nitrogens is 2. The van der Waals surface area contributed by atoms with Crippen LogP contribution >= 0.6 is 0 Å². The van der Waals surface area contributed by atoms with Crippen molar-refractivity contribution in [2.75, 3.05) is 0 Å². The van der Waals surface area contributed by atoms with E-state index < -0.39 is 0 Å². The number of nitrogens with zero attached hydrogens (tertiary/aromatic N) is 2. The molecule has 0 amide bonds. The Morgan fingerprint density at radius 1 is 1.11 bits per heavy atom. The summed E-state index contributed by atoms with van der Waals surface area (Å²) in [5, 5.41) is 8.75. The molecule has 2 heteroatoms. The summed E-state index contributed by atoms with van der Waals surface area (Å²) in [4.78, 5) is 0. The Kier molecular flexibility index (Phi) is 5.77. The molecule has 1 rings (SSSR count). The Labute approximate surface area is 112 Å². The molecule has 0 bridgehead atoms. The average Bonchev–Trinajstić information content (AvgIpc) is 2.28. The normalized spacial score (nSPS) is 13.6. The summed E-state index contributed by atoms with van der Waals surface area (Å²) in [7, 11) is 0. The molecule has 0 N–H and O–H groups in total. The van der Waals surface area contributed by atoms with Gasteiger partial charge in [-0.05, 0) is 30.4 Å². The molecule has 0 aliphatic carbocycles. The van der Waals surface area contributed by atoms with E-state index in [4.69, 9.17) is 0 Å². The number of hydrogen-bond donors (Lipinski definition) is 0. The lowest BCUT2D eigenvalue weighted by molar-refractivity contribution is 0.404. The zero-order chi connectivity index (χ0) is 13.6. The van der Waals surface area contributed by atoms with Gasteiger partial charge >= 0.3 is 0 Å². The van der Waals surface area contributed by atoms with E-state index in [1.165, 1.54) is 25.7 Å². The highest BCUT2D eigenvalue weighted by Gasteiger charge is 2.13. The Bertz CT molecular complexity index is 335. The second-order valence-electron chi connectivity index (χ2n) is 6.58. The molecular weight excluding hydrogens is 220 g/mol. The van der Waals surface area contributed by atoms with E-state index in [1.807, 2.05) is 0 Å². The lowest BCUT2D eigenvalue weighted by Gasteiger charge is -2.17. The lowest BCUT2D eigenvalue weighted by atomic mass is 9.90. The summed E-state index contributed by atoms with van der Waals surface area (Å²) < 4.78 is 0. The Morgan fingerprint density at radius 3 is 2.33 bits per heavy atom. The molecule has 2 nitrogen and oxygen atoms in total. The zero-order valence-corrected chi connectivity index (χ0v) is 12.7. The maximum Gasteiger partial charge on any atom is 0.0659 e. The van der Waals surface area contributed by atoms with Gasteiger partial charge in [-0.2, -0.15) is 10.2 Å². The highest BCUT2D eigenvalue weighted by atomic mass is 15.1. The molecule has 0 saturated carbocycles. The summed E-state index contributed by atoms with van der Waals surface area (Å²) >= 11 is 0. The van der Waals surface area contributed by atoms with Crippen molar-refractivity contribution in [1.29, 1.82) is 0 Å². The third-order valence-electron chi connectivity index (χ3n) is 3.20. The molecule has 0 aliphatic heterocycles. The maximum absolute atomic E-state index is 4.39. The van der Waals surface area contributed by atoms with Crippen molar-refractivity contribution in [2.45, 2.75) is 72.6 Å². The smallest absolute Gasteiger partial charge is 0.0659 e. The van der Waals surface area contributed by atoms with Crippen LogP contribution in [0.5, 0.6) is 0 Å². The minimum atomic E-state index is 0.281. The Balaban J connectivity index is 2.54. The van der Waals surface area contributed by atoms with Gasteiger partial charge in [0, 0.05) is 5.92 Å². The van der Waals surface area contributed by atoms with Gasteiger partial charge < -0.3 is 0 Å². The van der Waals surface area contributed by atoms with Gasteiger partial charge in [0.2, 0.25) is 0 Å². The van der Waals surface area contributed by atoms with Crippen LogP contribution in [-0.2, 0) is 6.42 Å². The lowest BCUT2D eigenvalue weighted by Crippen LogP contribution is -2.11. The van der Waals surface area contributed by atoms with Gasteiger partial charge in [0.15, 0.2) is 0 Å². The van der Waals surface area contributed by atoms with Crippen molar-refractivity contribution in [1.82, 2.24) is 10.2 Å². The number of hydrogen-bond acceptors (Lipinski definition) is 2. The number of rotatable bonds is 6. The van der Waals surface area contributed by atoms with Gasteiger partial charge in [0.1, 0.15) is 0 Å². The van der Waals surface area contributed by atoms with E-state index >= 15 is 0 Å². The first-order valence-corrected chi connectivity index (χ1v) is 7.25. The van der Waals surface area contributed by atoms with Crippen LogP contribution < -0.4 is 0 Å². The first-order chi connectivity index (χ1) is 8.42. The Hall–Kier alpha value is -0.920. The topological polar surface area (TPSA) is 25.8 Å². The first kappa shape index (κ1) is 15.1. The summed E-state index contributed by atoms with van der Waals surface area (Å²) in [6, 6.07) is 4.30. The highest BCUT2D eigenvalue weighted by Crippen LogP contribution is 2.22. The molecule has 0 saturated heterocycles. The van der Waals surface area contributed by atoms with Crippen molar-refractivity contribution in [2.24, 2.45) is 5.41 Å². The molecule has 1 aromatic rings. The molecule has 1 unspecified atom stereocenters. The second kappa shape index (κ2) is 6.86. The van der Waals surface area contributed by atoms with Crippen LogP contribution in [0.2, 0.25) is 0 Å². The van der Waals surface area contributed by atoms with E-state index in [0.29, 0.717) is 5.92 Å². The minimum Gasteiger partial charge on any atom is -0.155 e. The Morgan fingerprint density at radius 2 is 1.83 bits per heavy atom. The van der Waals surface area contributed by atoms with Crippen molar-refractivity contribution < 1.29 is 0 Å². The summed E-state index contributed by atoms with van der Waals surface area (Å²) in [6.45, 7) is 11.2. The molecule has 0 fully saturated rings. The molecular formula is C16H28N2. The van der Waals surface area contributed by atoms with Crippen LogP contribution in [0.15, 0.2) is 12.1 Å². The average molecular weight is 248 g/mol. The van der Waals surface area contributed by atoms with Crippen LogP contribution in [-0.4, -0.2) is 10.2 Å². The molecule has 0 aliphatic rings. The zero-order valence-electron chi connectivity index (χ0n) is 12.7. The van der Waals surface area contributed by atoms with Crippen molar-refractivity contribution in [3.63, 3.8) is 0 Å². The fourth-order valence-corrected chi connectivity index (χ4v) is 2.12. The molecule has 0 radical (unpaired) electrons. The van der Waals surface area contributed by atoms with E-state index in [-0.39, 0.29) is 5.41 Å². The van der Waals surface area contributed by atoms with Crippen molar-refractivity contribution in [3.05, 3.63) is 23.5 Å². The largest absolute Gasteiger partial charge is 0.155 e. The van der Waals surface area contributed by atoms with E-state index in [1.54, 1.807) is 0 Å². The predicted molar refractivity (Wildman–Crippen MR) is 77.7 cm³/mol. The molecule has 1 heterocycles. The second-order valence-corrected chi connectivity index (χ2v) is 6.58. The minimum absolute atomic E-state index is 0.281. The quantitative estimate of drug-likeness (QED) is 0.679. The van der Waals surface area contributed by atoms with Crippen molar-refractivity contribution in [3.8, 4) is 0 Å². The molecule has 102 valence electrons. The molecule has 18 heavy (non-hydrogen) atoms. The molecule has 0 aromatic carbocycles. The standard InChI is InChI=1S/C16H28N2/c1-6-7-8-9-13(2)15-11-10-14(17-18-15)12-16(3,4)5/h10-11,13H,6-9,12H2,1-5H3. The van der Waals surface area contributed by atoms with Crippen LogP contribution in [0, 0.1) is 5.41 Å². The third kappa shape index (κ3) is 5.61. The van der Waals surface area contributed by atoms with Crippen LogP contribution in [0.3, 0.4) is 0 Å². The molecule has 0 spiro atoms. The molecule has 1 aromatic heterocycles. The van der Waals surface area contributed by atoms with E-state index in [0.717, 1.165) is 17.8 Å². The van der Waals surface area contributed by atoms with Gasteiger partial charge in [-0.3, -0.25) is 0 Å². The number of unbranched alkanes of at least 4 members (excludes halogenated alkanes) is 2. The van der Waals surface area contributed by atoms with E-state index in [9.17, 15) is 0 Å². The maximum atomic E-state index is 4.39. The summed E-state index contributed by atoms with van der Waals surface area (Å²) in [5.74, 6) is 0.535. The van der Waals surface area contributed by atoms with Gasteiger partial charge in [-0.25, -0.2) is 0 Å². The highest BCUT2D eigenvalue weighted by molar-refractivity contribution is 5.11. The van der Waals surface area contributed by atoms with Gasteiger partial charge in [-0.15, -0.1) is 0 Å². The third-order valence-corrected chi connectivity index (χ3v) is 3.20. The fourth-order valence-electron chi connectivity index (χ4n) is 2.12. The fraction of sp³-hybridized carbons (Fsp3) is 0.750. The van der Waals surface area contributed by atoms with Crippen LogP contribution in [0.4, 0.5) is 0 Å². The van der Waals surface area contributed by atoms with Gasteiger partial charge in [0.05, 0.1) is 11.4 Å². The molecule has 1 atom stereocenters. The monoisotopic (exact) mass is 248 g/mol. The predicted octanol–water partition coefficient (Wildman–Crippen LogP) is 4.75. The summed E-state index contributed by atoms with van der Waals surface area (Å²) in [6.07, 6.45) is 6.11. The SMILES string of the molecule is CCCCCC(C)c1ccc(CC(C)(C)C)nn1. The van der Waals surface area contributed by atoms with Crippen LogP contribution in [0.25, 0.3) is 0 Å². The van der Waals surface area contributed by atoms with E-state index in [2.05, 4.69) is 56.9 Å². The van der Waals surface area contributed by atoms with Gasteiger partial charge in [0.25, 0.3) is 0 Å². The van der Waals surface area contributed by atoms with Crippen molar-refractivity contribution >= 4 is 0 Å². The summed E-state index contributed by atoms with van der Waals surface area (Å²) in [5.41, 5.74) is 2.53. The van der Waals surface area contributed by atoms with Crippen LogP contribution in [0.1, 0.15) is 77.6 Å². The first-order valence-electron chi connectivity index (χ1n) is 7.25.